The molecule has 21 heavy (non-hydrogen) atoms. The van der Waals surface area contributed by atoms with Crippen LogP contribution in [0.1, 0.15) is 5.56 Å². The molecule has 1 heterocycles. The SMILES string of the molecule is O=C(Cc1ccc(S)cc1)Nc1cccc2ccncc12. The van der Waals surface area contributed by atoms with Gasteiger partial charge in [0.2, 0.25) is 5.91 Å². The highest BCUT2D eigenvalue weighted by molar-refractivity contribution is 7.80. The minimum absolute atomic E-state index is 0.0433. The third-order valence-electron chi connectivity index (χ3n) is 3.26. The van der Waals surface area contributed by atoms with E-state index in [0.29, 0.717) is 6.42 Å². The van der Waals surface area contributed by atoms with E-state index in [1.54, 1.807) is 12.4 Å². The second kappa shape index (κ2) is 5.97. The first kappa shape index (κ1) is 13.6. The Kier molecular flexibility index (Phi) is 3.88. The molecule has 0 radical (unpaired) electrons. The summed E-state index contributed by atoms with van der Waals surface area (Å²) in [7, 11) is 0. The molecule has 0 fully saturated rings. The normalized spacial score (nSPS) is 10.5. The van der Waals surface area contributed by atoms with Gasteiger partial charge >= 0.3 is 0 Å². The van der Waals surface area contributed by atoms with Crippen LogP contribution in [-0.2, 0) is 11.2 Å². The van der Waals surface area contributed by atoms with E-state index in [4.69, 9.17) is 0 Å². The average Bonchev–Trinajstić information content (AvgIpc) is 2.50. The lowest BCUT2D eigenvalue weighted by atomic mass is 10.1. The van der Waals surface area contributed by atoms with E-state index in [9.17, 15) is 4.79 Å². The first-order valence-corrected chi connectivity index (χ1v) is 7.07. The summed E-state index contributed by atoms with van der Waals surface area (Å²) in [5.41, 5.74) is 1.75. The zero-order chi connectivity index (χ0) is 14.7. The molecule has 0 atom stereocenters. The van der Waals surface area contributed by atoms with Crippen molar-refractivity contribution in [1.82, 2.24) is 4.98 Å². The van der Waals surface area contributed by atoms with Gasteiger partial charge in [0.05, 0.1) is 12.1 Å². The summed E-state index contributed by atoms with van der Waals surface area (Å²) in [5, 5.41) is 4.95. The lowest BCUT2D eigenvalue weighted by Gasteiger charge is -2.08. The smallest absolute Gasteiger partial charge is 0.228 e. The molecule has 0 saturated carbocycles. The third-order valence-corrected chi connectivity index (χ3v) is 3.56. The Labute approximate surface area is 128 Å². The highest BCUT2D eigenvalue weighted by atomic mass is 32.1. The largest absolute Gasteiger partial charge is 0.325 e. The predicted octanol–water partition coefficient (Wildman–Crippen LogP) is 3.70. The maximum Gasteiger partial charge on any atom is 0.228 e. The monoisotopic (exact) mass is 294 g/mol. The quantitative estimate of drug-likeness (QED) is 0.723. The summed E-state index contributed by atoms with van der Waals surface area (Å²) in [5.74, 6) is -0.0433. The van der Waals surface area contributed by atoms with Crippen LogP contribution in [0, 0.1) is 0 Å². The number of rotatable bonds is 3. The Hall–Kier alpha value is -2.33. The summed E-state index contributed by atoms with van der Waals surface area (Å²) < 4.78 is 0. The molecule has 104 valence electrons. The molecule has 0 saturated heterocycles. The van der Waals surface area contributed by atoms with Crippen LogP contribution in [0.3, 0.4) is 0 Å². The van der Waals surface area contributed by atoms with Gasteiger partial charge in [-0.1, -0.05) is 24.3 Å². The Morgan fingerprint density at radius 3 is 2.71 bits per heavy atom. The lowest BCUT2D eigenvalue weighted by Crippen LogP contribution is -2.14. The molecule has 0 aliphatic carbocycles. The molecule has 0 spiro atoms. The molecule has 0 aliphatic heterocycles. The summed E-state index contributed by atoms with van der Waals surface area (Å²) >= 11 is 4.24. The van der Waals surface area contributed by atoms with Gasteiger partial charge in [0.15, 0.2) is 0 Å². The van der Waals surface area contributed by atoms with Crippen molar-refractivity contribution >= 4 is 35.0 Å². The first-order valence-electron chi connectivity index (χ1n) is 6.63. The topological polar surface area (TPSA) is 42.0 Å². The van der Waals surface area contributed by atoms with Crippen LogP contribution in [0.4, 0.5) is 5.69 Å². The number of pyridine rings is 1. The maximum absolute atomic E-state index is 12.2. The summed E-state index contributed by atoms with van der Waals surface area (Å²) in [4.78, 5) is 17.2. The number of fused-ring (bicyclic) bond motifs is 1. The van der Waals surface area contributed by atoms with Gasteiger partial charge in [-0.05, 0) is 35.2 Å². The molecule has 3 aromatic rings. The fraction of sp³-hybridized carbons (Fsp3) is 0.0588. The molecule has 1 aromatic heterocycles. The van der Waals surface area contributed by atoms with Crippen molar-refractivity contribution < 1.29 is 4.79 Å². The van der Waals surface area contributed by atoms with Crippen LogP contribution in [0.15, 0.2) is 65.8 Å². The molecular weight excluding hydrogens is 280 g/mol. The minimum atomic E-state index is -0.0433. The van der Waals surface area contributed by atoms with E-state index >= 15 is 0 Å². The highest BCUT2D eigenvalue weighted by Crippen LogP contribution is 2.22. The van der Waals surface area contributed by atoms with Crippen LogP contribution >= 0.6 is 12.6 Å². The van der Waals surface area contributed by atoms with Crippen molar-refractivity contribution in [3.8, 4) is 0 Å². The lowest BCUT2D eigenvalue weighted by molar-refractivity contribution is -0.115. The van der Waals surface area contributed by atoms with Crippen molar-refractivity contribution in [3.05, 3.63) is 66.5 Å². The Bertz CT molecular complexity index is 779. The fourth-order valence-corrected chi connectivity index (χ4v) is 2.37. The number of hydrogen-bond donors (Lipinski definition) is 2. The van der Waals surface area contributed by atoms with E-state index in [-0.39, 0.29) is 5.91 Å². The number of carbonyl (C=O) groups is 1. The first-order chi connectivity index (χ1) is 10.2. The van der Waals surface area contributed by atoms with Crippen LogP contribution < -0.4 is 5.32 Å². The predicted molar refractivity (Wildman–Crippen MR) is 87.8 cm³/mol. The van der Waals surface area contributed by atoms with Gasteiger partial charge in [0.1, 0.15) is 0 Å². The van der Waals surface area contributed by atoms with Crippen molar-refractivity contribution in [2.24, 2.45) is 0 Å². The van der Waals surface area contributed by atoms with Crippen molar-refractivity contribution in [1.29, 1.82) is 0 Å². The molecule has 0 unspecified atom stereocenters. The molecule has 4 heteroatoms. The number of aromatic nitrogens is 1. The summed E-state index contributed by atoms with van der Waals surface area (Å²) in [6.07, 6.45) is 3.85. The second-order valence-electron chi connectivity index (χ2n) is 4.79. The van der Waals surface area contributed by atoms with Crippen LogP contribution in [-0.4, -0.2) is 10.9 Å². The zero-order valence-corrected chi connectivity index (χ0v) is 12.2. The van der Waals surface area contributed by atoms with Crippen LogP contribution in [0.5, 0.6) is 0 Å². The van der Waals surface area contributed by atoms with Crippen molar-refractivity contribution in [3.63, 3.8) is 0 Å². The minimum Gasteiger partial charge on any atom is -0.325 e. The second-order valence-corrected chi connectivity index (χ2v) is 5.31. The standard InChI is InChI=1S/C17H14N2OS/c20-17(10-12-4-6-14(21)7-5-12)19-16-3-1-2-13-8-9-18-11-15(13)16/h1-9,11,21H,10H2,(H,19,20). The van der Waals surface area contributed by atoms with Gasteiger partial charge < -0.3 is 5.32 Å². The van der Waals surface area contributed by atoms with Crippen molar-refractivity contribution in [2.75, 3.05) is 5.32 Å². The summed E-state index contributed by atoms with van der Waals surface area (Å²) in [6, 6.07) is 15.3. The molecule has 2 aromatic carbocycles. The number of hydrogen-bond acceptors (Lipinski definition) is 3. The number of anilines is 1. The molecule has 1 amide bonds. The third kappa shape index (κ3) is 3.23. The molecule has 3 rings (SSSR count). The molecule has 3 nitrogen and oxygen atoms in total. The number of carbonyl (C=O) groups excluding carboxylic acids is 1. The van der Waals surface area contributed by atoms with E-state index in [1.807, 2.05) is 48.5 Å². The van der Waals surface area contributed by atoms with Gasteiger partial charge in [-0.3, -0.25) is 9.78 Å². The number of amides is 1. The summed E-state index contributed by atoms with van der Waals surface area (Å²) in [6.45, 7) is 0. The highest BCUT2D eigenvalue weighted by Gasteiger charge is 2.07. The van der Waals surface area contributed by atoms with Gasteiger partial charge in [-0.2, -0.15) is 0 Å². The fourth-order valence-electron chi connectivity index (χ4n) is 2.22. The Balaban J connectivity index is 1.79. The van der Waals surface area contributed by atoms with Gasteiger partial charge in [-0.25, -0.2) is 0 Å². The van der Waals surface area contributed by atoms with Gasteiger partial charge in [-0.15, -0.1) is 12.6 Å². The van der Waals surface area contributed by atoms with Gasteiger partial charge in [0.25, 0.3) is 0 Å². The molecular formula is C17H14N2OS. The Morgan fingerprint density at radius 1 is 1.10 bits per heavy atom. The van der Waals surface area contributed by atoms with Crippen LogP contribution in [0.25, 0.3) is 10.8 Å². The number of nitrogens with one attached hydrogen (secondary N) is 1. The van der Waals surface area contributed by atoms with E-state index < -0.39 is 0 Å². The van der Waals surface area contributed by atoms with E-state index in [1.165, 1.54) is 0 Å². The van der Waals surface area contributed by atoms with E-state index in [0.717, 1.165) is 26.9 Å². The number of benzene rings is 2. The number of thiol groups is 1. The molecule has 0 aliphatic rings. The number of nitrogens with zero attached hydrogens (tertiary/aromatic N) is 1. The van der Waals surface area contributed by atoms with Crippen molar-refractivity contribution in [2.45, 2.75) is 11.3 Å². The molecule has 1 N–H and O–H groups in total. The zero-order valence-electron chi connectivity index (χ0n) is 11.3. The molecule has 0 bridgehead atoms. The van der Waals surface area contributed by atoms with E-state index in [2.05, 4.69) is 22.9 Å². The van der Waals surface area contributed by atoms with Crippen LogP contribution in [0.2, 0.25) is 0 Å². The average molecular weight is 294 g/mol. The van der Waals surface area contributed by atoms with Gasteiger partial charge in [0, 0.05) is 22.7 Å². The maximum atomic E-state index is 12.2. The Morgan fingerprint density at radius 2 is 1.90 bits per heavy atom.